The van der Waals surface area contributed by atoms with Crippen LogP contribution in [0, 0.1) is 0 Å². The Hall–Kier alpha value is -2.87. The molecule has 0 radical (unpaired) electrons. The van der Waals surface area contributed by atoms with Gasteiger partial charge in [-0.05, 0) is 42.8 Å². The fourth-order valence-electron chi connectivity index (χ4n) is 3.45. The van der Waals surface area contributed by atoms with Crippen molar-refractivity contribution in [1.82, 2.24) is 14.7 Å². The third-order valence-corrected chi connectivity index (χ3v) is 6.87. The maximum Gasteiger partial charge on any atom is 0.266 e. The van der Waals surface area contributed by atoms with E-state index in [2.05, 4.69) is 13.5 Å². The summed E-state index contributed by atoms with van der Waals surface area (Å²) in [7, 11) is 0. The zero-order valence-corrected chi connectivity index (χ0v) is 21.1. The topological polar surface area (TPSA) is 47.4 Å². The first-order valence-electron chi connectivity index (χ1n) is 11.0. The van der Waals surface area contributed by atoms with Crippen LogP contribution in [0.5, 0.6) is 5.75 Å². The molecule has 2 aromatic carbocycles. The zero-order valence-electron chi connectivity index (χ0n) is 18.7. The van der Waals surface area contributed by atoms with Crippen LogP contribution in [0.4, 0.5) is 0 Å². The van der Waals surface area contributed by atoms with Crippen LogP contribution >= 0.6 is 35.6 Å². The fourth-order valence-corrected chi connectivity index (χ4v) is 4.95. The van der Waals surface area contributed by atoms with E-state index in [9.17, 15) is 4.79 Å². The van der Waals surface area contributed by atoms with E-state index in [-0.39, 0.29) is 5.91 Å². The van der Waals surface area contributed by atoms with Crippen LogP contribution in [0.3, 0.4) is 0 Å². The molecule has 3 aromatic rings. The summed E-state index contributed by atoms with van der Waals surface area (Å²) in [6, 6.07) is 15.5. The van der Waals surface area contributed by atoms with Gasteiger partial charge in [0, 0.05) is 23.9 Å². The molecule has 5 nitrogen and oxygen atoms in total. The van der Waals surface area contributed by atoms with Gasteiger partial charge in [-0.2, -0.15) is 5.10 Å². The number of hydrogen-bond donors (Lipinski definition) is 0. The molecule has 1 amide bonds. The first-order valence-corrected chi connectivity index (χ1v) is 12.6. The fraction of sp³-hybridized carbons (Fsp3) is 0.192. The number of carbonyl (C=O) groups is 1. The predicted molar refractivity (Wildman–Crippen MR) is 144 cm³/mol. The zero-order chi connectivity index (χ0) is 24.1. The van der Waals surface area contributed by atoms with Crippen LogP contribution in [-0.4, -0.2) is 38.1 Å². The molecule has 0 N–H and O–H groups in total. The van der Waals surface area contributed by atoms with Crippen molar-refractivity contribution in [3.05, 3.63) is 82.9 Å². The SMILES string of the molecule is C=CCN1C(=O)C(=Cc2cn(-c3ccccc3)nc2-c2ccc(OCCCC)c(Cl)c2)SC1=S. The van der Waals surface area contributed by atoms with Crippen molar-refractivity contribution in [3.63, 3.8) is 0 Å². The smallest absolute Gasteiger partial charge is 0.266 e. The van der Waals surface area contributed by atoms with Gasteiger partial charge in [-0.15, -0.1) is 6.58 Å². The number of thiocarbonyl (C=S) groups is 1. The van der Waals surface area contributed by atoms with Crippen LogP contribution < -0.4 is 4.74 Å². The number of carbonyl (C=O) groups excluding carboxylic acids is 1. The number of thioether (sulfide) groups is 1. The number of para-hydroxylation sites is 1. The molecule has 2 heterocycles. The molecule has 34 heavy (non-hydrogen) atoms. The van der Waals surface area contributed by atoms with Gasteiger partial charge in [0.1, 0.15) is 15.8 Å². The molecule has 8 heteroatoms. The molecule has 0 bridgehead atoms. The number of nitrogens with zero attached hydrogens (tertiary/aromatic N) is 3. The minimum atomic E-state index is -0.133. The molecule has 0 unspecified atom stereocenters. The Bertz CT molecular complexity index is 1250. The lowest BCUT2D eigenvalue weighted by atomic mass is 10.1. The third kappa shape index (κ3) is 5.27. The van der Waals surface area contributed by atoms with Crippen molar-refractivity contribution >= 4 is 51.9 Å². The van der Waals surface area contributed by atoms with Crippen molar-refractivity contribution in [2.24, 2.45) is 0 Å². The molecule has 1 aliphatic rings. The monoisotopic (exact) mass is 509 g/mol. The van der Waals surface area contributed by atoms with E-state index in [0.29, 0.717) is 38.8 Å². The lowest BCUT2D eigenvalue weighted by Crippen LogP contribution is -2.27. The summed E-state index contributed by atoms with van der Waals surface area (Å²) in [5, 5.41) is 5.35. The van der Waals surface area contributed by atoms with Gasteiger partial charge in [0.15, 0.2) is 0 Å². The summed E-state index contributed by atoms with van der Waals surface area (Å²) in [4.78, 5) is 15.0. The van der Waals surface area contributed by atoms with Crippen molar-refractivity contribution in [1.29, 1.82) is 0 Å². The first kappa shape index (κ1) is 24.3. The van der Waals surface area contributed by atoms with Gasteiger partial charge in [0.2, 0.25) is 0 Å². The predicted octanol–water partition coefficient (Wildman–Crippen LogP) is 6.76. The van der Waals surface area contributed by atoms with E-state index in [0.717, 1.165) is 29.7 Å². The Morgan fingerprint density at radius 2 is 2.03 bits per heavy atom. The van der Waals surface area contributed by atoms with Crippen molar-refractivity contribution < 1.29 is 9.53 Å². The number of benzene rings is 2. The number of amides is 1. The highest BCUT2D eigenvalue weighted by atomic mass is 35.5. The standard InChI is InChI=1S/C26H24ClN3O2S2/c1-3-5-14-32-22-12-11-18(15-21(22)27)24-19(17-30(28-24)20-9-7-6-8-10-20)16-23-25(31)29(13-4-2)26(33)34-23/h4,6-12,15-17H,2-3,5,13-14H2,1H3. The van der Waals surface area contributed by atoms with Gasteiger partial charge in [0.05, 0.1) is 22.2 Å². The third-order valence-electron chi connectivity index (χ3n) is 5.20. The average Bonchev–Trinajstić information content (AvgIpc) is 3.37. The van der Waals surface area contributed by atoms with Gasteiger partial charge in [-0.3, -0.25) is 9.69 Å². The van der Waals surface area contributed by atoms with Crippen molar-refractivity contribution in [2.75, 3.05) is 13.2 Å². The Morgan fingerprint density at radius 3 is 2.74 bits per heavy atom. The van der Waals surface area contributed by atoms with Gasteiger partial charge >= 0.3 is 0 Å². The minimum Gasteiger partial charge on any atom is -0.492 e. The van der Waals surface area contributed by atoms with Gasteiger partial charge in [-0.1, -0.05) is 73.2 Å². The van der Waals surface area contributed by atoms with E-state index in [4.69, 9.17) is 33.7 Å². The van der Waals surface area contributed by atoms with E-state index >= 15 is 0 Å². The van der Waals surface area contributed by atoms with E-state index < -0.39 is 0 Å². The molecule has 0 saturated carbocycles. The molecule has 0 spiro atoms. The van der Waals surface area contributed by atoms with E-state index in [1.165, 1.54) is 11.8 Å². The summed E-state index contributed by atoms with van der Waals surface area (Å²) < 4.78 is 8.11. The number of aromatic nitrogens is 2. The normalized spacial score (nSPS) is 14.8. The molecular weight excluding hydrogens is 486 g/mol. The first-order chi connectivity index (χ1) is 16.5. The Labute approximate surface area is 214 Å². The molecular formula is C26H24ClN3O2S2. The van der Waals surface area contributed by atoms with E-state index in [1.807, 2.05) is 60.8 Å². The highest BCUT2D eigenvalue weighted by Crippen LogP contribution is 2.36. The molecule has 0 atom stereocenters. The van der Waals surface area contributed by atoms with Crippen LogP contribution in [0.2, 0.25) is 5.02 Å². The molecule has 1 saturated heterocycles. The Kier molecular flexibility index (Phi) is 7.88. The summed E-state index contributed by atoms with van der Waals surface area (Å²) in [6.07, 6.45) is 7.43. The molecule has 0 aliphatic carbocycles. The van der Waals surface area contributed by atoms with Crippen LogP contribution in [0.15, 0.2) is 72.3 Å². The highest BCUT2D eigenvalue weighted by Gasteiger charge is 2.31. The van der Waals surface area contributed by atoms with Crippen LogP contribution in [0.1, 0.15) is 25.3 Å². The molecule has 1 aliphatic heterocycles. The van der Waals surface area contributed by atoms with Crippen molar-refractivity contribution in [3.8, 4) is 22.7 Å². The lowest BCUT2D eigenvalue weighted by molar-refractivity contribution is -0.121. The maximum atomic E-state index is 12.9. The van der Waals surface area contributed by atoms with Gasteiger partial charge in [-0.25, -0.2) is 4.68 Å². The molecule has 4 rings (SSSR count). The molecule has 174 valence electrons. The number of rotatable bonds is 9. The Morgan fingerprint density at radius 1 is 1.24 bits per heavy atom. The summed E-state index contributed by atoms with van der Waals surface area (Å²) in [6.45, 7) is 6.83. The average molecular weight is 510 g/mol. The summed E-state index contributed by atoms with van der Waals surface area (Å²) in [5.41, 5.74) is 3.24. The number of hydrogen-bond acceptors (Lipinski definition) is 5. The molecule has 1 aromatic heterocycles. The lowest BCUT2D eigenvalue weighted by Gasteiger charge is -2.10. The largest absolute Gasteiger partial charge is 0.492 e. The number of halogens is 1. The van der Waals surface area contributed by atoms with Crippen LogP contribution in [-0.2, 0) is 4.79 Å². The summed E-state index contributed by atoms with van der Waals surface area (Å²) in [5.74, 6) is 0.513. The number of ether oxygens (including phenoxy) is 1. The van der Waals surface area contributed by atoms with E-state index in [1.54, 1.807) is 15.7 Å². The van der Waals surface area contributed by atoms with Crippen molar-refractivity contribution in [2.45, 2.75) is 19.8 Å². The quantitative estimate of drug-likeness (QED) is 0.138. The maximum absolute atomic E-state index is 12.9. The molecule has 1 fully saturated rings. The minimum absolute atomic E-state index is 0.133. The highest BCUT2D eigenvalue weighted by molar-refractivity contribution is 8.26. The second-order valence-electron chi connectivity index (χ2n) is 7.64. The second-order valence-corrected chi connectivity index (χ2v) is 9.72. The number of unbranched alkanes of at least 4 members (excludes halogenated alkanes) is 1. The second kappa shape index (κ2) is 11.0. The van der Waals surface area contributed by atoms with Gasteiger partial charge < -0.3 is 4.74 Å². The van der Waals surface area contributed by atoms with Gasteiger partial charge in [0.25, 0.3) is 5.91 Å². The Balaban J connectivity index is 1.74. The summed E-state index contributed by atoms with van der Waals surface area (Å²) >= 11 is 13.2. The van der Waals surface area contributed by atoms with Crippen LogP contribution in [0.25, 0.3) is 23.0 Å².